The molecule has 0 atom stereocenters. The van der Waals surface area contributed by atoms with Crippen molar-refractivity contribution in [1.29, 1.82) is 0 Å². The Balaban J connectivity index is 1.96. The van der Waals surface area contributed by atoms with Gasteiger partial charge in [-0.05, 0) is 49.0 Å². The third kappa shape index (κ3) is 2.43. The smallest absolute Gasteiger partial charge is 0.184 e. The number of allylic oxidation sites excluding steroid dienone is 2. The molecule has 0 aliphatic heterocycles. The molecule has 0 spiro atoms. The maximum Gasteiger partial charge on any atom is 0.184 e. The van der Waals surface area contributed by atoms with E-state index in [9.17, 15) is 4.39 Å². The summed E-state index contributed by atoms with van der Waals surface area (Å²) in [5.41, 5.74) is 2.70. The first-order valence-electron chi connectivity index (χ1n) is 6.59. The van der Waals surface area contributed by atoms with Crippen LogP contribution in [0.3, 0.4) is 0 Å². The molecule has 2 aromatic rings. The van der Waals surface area contributed by atoms with Gasteiger partial charge < -0.3 is 0 Å². The van der Waals surface area contributed by atoms with E-state index in [1.165, 1.54) is 18.4 Å². The minimum Gasteiger partial charge on any atom is -0.255 e. The second kappa shape index (κ2) is 4.96. The van der Waals surface area contributed by atoms with Crippen molar-refractivity contribution >= 4 is 5.57 Å². The van der Waals surface area contributed by atoms with Crippen LogP contribution >= 0.6 is 0 Å². The lowest BCUT2D eigenvalue weighted by Crippen LogP contribution is -1.95. The highest BCUT2D eigenvalue weighted by atomic mass is 19.1. The highest BCUT2D eigenvalue weighted by molar-refractivity contribution is 5.69. The van der Waals surface area contributed by atoms with E-state index in [1.54, 1.807) is 30.2 Å². The van der Waals surface area contributed by atoms with E-state index in [-0.39, 0.29) is 5.82 Å². The van der Waals surface area contributed by atoms with Crippen molar-refractivity contribution in [2.75, 3.05) is 0 Å². The largest absolute Gasteiger partial charge is 0.255 e. The first-order valence-corrected chi connectivity index (χ1v) is 6.59. The molecular formula is C15H16FN3. The molecule has 19 heavy (non-hydrogen) atoms. The first-order chi connectivity index (χ1) is 9.24. The standard InChI is InChI=1S/C15H16FN3/c1-19-10-17-15(18-19)13-8-7-12(9-14(13)16)11-5-3-2-4-6-11/h5,7-10H,2-4,6H2,1H3. The molecule has 0 unspecified atom stereocenters. The number of hydrogen-bond donors (Lipinski definition) is 0. The number of aryl methyl sites for hydroxylation is 1. The third-order valence-corrected chi connectivity index (χ3v) is 3.47. The summed E-state index contributed by atoms with van der Waals surface area (Å²) in [5.74, 6) is 0.180. The number of benzene rings is 1. The van der Waals surface area contributed by atoms with Crippen LogP contribution in [0.15, 0.2) is 30.6 Å². The summed E-state index contributed by atoms with van der Waals surface area (Å²) in [6, 6.07) is 5.34. The Morgan fingerprint density at radius 3 is 2.79 bits per heavy atom. The summed E-state index contributed by atoms with van der Waals surface area (Å²) in [7, 11) is 1.77. The van der Waals surface area contributed by atoms with Crippen LogP contribution in [0.25, 0.3) is 17.0 Å². The molecule has 0 saturated carbocycles. The Bertz CT molecular complexity index is 628. The molecule has 0 amide bonds. The maximum atomic E-state index is 14.2. The Kier molecular flexibility index (Phi) is 3.15. The summed E-state index contributed by atoms with van der Waals surface area (Å²) in [6.45, 7) is 0. The van der Waals surface area contributed by atoms with Gasteiger partial charge in [-0.3, -0.25) is 4.68 Å². The molecule has 0 radical (unpaired) electrons. The molecule has 0 N–H and O–H groups in total. The summed E-state index contributed by atoms with van der Waals surface area (Å²) in [5, 5.41) is 4.13. The second-order valence-electron chi connectivity index (χ2n) is 4.91. The molecule has 1 aliphatic carbocycles. The van der Waals surface area contributed by atoms with Crippen molar-refractivity contribution in [2.45, 2.75) is 25.7 Å². The fourth-order valence-corrected chi connectivity index (χ4v) is 2.46. The van der Waals surface area contributed by atoms with Crippen LogP contribution in [0.1, 0.15) is 31.2 Å². The number of rotatable bonds is 2. The summed E-state index contributed by atoms with van der Waals surface area (Å²) >= 11 is 0. The van der Waals surface area contributed by atoms with Crippen molar-refractivity contribution in [3.63, 3.8) is 0 Å². The molecule has 1 aromatic heterocycles. The van der Waals surface area contributed by atoms with Gasteiger partial charge in [0.1, 0.15) is 12.1 Å². The van der Waals surface area contributed by atoms with Crippen LogP contribution in [0, 0.1) is 5.82 Å². The monoisotopic (exact) mass is 257 g/mol. The fourth-order valence-electron chi connectivity index (χ4n) is 2.46. The fraction of sp³-hybridized carbons (Fsp3) is 0.333. The van der Waals surface area contributed by atoms with E-state index in [2.05, 4.69) is 16.2 Å². The van der Waals surface area contributed by atoms with E-state index in [0.29, 0.717) is 11.4 Å². The Morgan fingerprint density at radius 2 is 2.16 bits per heavy atom. The molecule has 0 bridgehead atoms. The highest BCUT2D eigenvalue weighted by Gasteiger charge is 2.12. The van der Waals surface area contributed by atoms with Gasteiger partial charge in [0.15, 0.2) is 5.82 Å². The predicted octanol–water partition coefficient (Wildman–Crippen LogP) is 3.58. The zero-order valence-electron chi connectivity index (χ0n) is 10.9. The molecule has 3 nitrogen and oxygen atoms in total. The summed E-state index contributed by atoms with van der Waals surface area (Å²) < 4.78 is 15.8. The zero-order chi connectivity index (χ0) is 13.2. The second-order valence-corrected chi connectivity index (χ2v) is 4.91. The number of halogens is 1. The van der Waals surface area contributed by atoms with E-state index in [0.717, 1.165) is 18.4 Å². The van der Waals surface area contributed by atoms with Crippen LogP contribution in [-0.2, 0) is 7.05 Å². The molecular weight excluding hydrogens is 241 g/mol. The minimum atomic E-state index is -0.254. The highest BCUT2D eigenvalue weighted by Crippen LogP contribution is 2.29. The Hall–Kier alpha value is -1.97. The molecule has 0 fully saturated rings. The lowest BCUT2D eigenvalue weighted by Gasteiger charge is -2.13. The molecule has 0 saturated heterocycles. The van der Waals surface area contributed by atoms with Crippen LogP contribution in [0.4, 0.5) is 4.39 Å². The molecule has 98 valence electrons. The van der Waals surface area contributed by atoms with Crippen molar-refractivity contribution < 1.29 is 4.39 Å². The van der Waals surface area contributed by atoms with Crippen LogP contribution in [0.2, 0.25) is 0 Å². The maximum absolute atomic E-state index is 14.2. The van der Waals surface area contributed by atoms with Crippen molar-refractivity contribution in [1.82, 2.24) is 14.8 Å². The molecule has 1 heterocycles. The molecule has 3 rings (SSSR count). The lowest BCUT2D eigenvalue weighted by molar-refractivity contribution is 0.628. The zero-order valence-corrected chi connectivity index (χ0v) is 10.9. The van der Waals surface area contributed by atoms with E-state index < -0.39 is 0 Å². The number of hydrogen-bond acceptors (Lipinski definition) is 2. The average molecular weight is 257 g/mol. The van der Waals surface area contributed by atoms with Gasteiger partial charge in [0.25, 0.3) is 0 Å². The molecule has 1 aliphatic rings. The molecule has 4 heteroatoms. The lowest BCUT2D eigenvalue weighted by atomic mass is 9.93. The normalized spacial score (nSPS) is 15.4. The number of nitrogens with zero attached hydrogens (tertiary/aromatic N) is 3. The van der Waals surface area contributed by atoms with Crippen molar-refractivity contribution in [2.24, 2.45) is 7.05 Å². The summed E-state index contributed by atoms with van der Waals surface area (Å²) in [4.78, 5) is 4.09. The predicted molar refractivity (Wildman–Crippen MR) is 72.8 cm³/mol. The number of aromatic nitrogens is 3. The Labute approximate surface area is 111 Å². The minimum absolute atomic E-state index is 0.254. The van der Waals surface area contributed by atoms with E-state index >= 15 is 0 Å². The van der Waals surface area contributed by atoms with Gasteiger partial charge in [0.2, 0.25) is 0 Å². The SMILES string of the molecule is Cn1cnc(-c2ccc(C3=CCCCC3)cc2F)n1. The van der Waals surface area contributed by atoms with E-state index in [4.69, 9.17) is 0 Å². The molecule has 1 aromatic carbocycles. The van der Waals surface area contributed by atoms with Gasteiger partial charge in [-0.1, -0.05) is 12.1 Å². The van der Waals surface area contributed by atoms with Gasteiger partial charge in [-0.15, -0.1) is 0 Å². The first kappa shape index (κ1) is 12.1. The third-order valence-electron chi connectivity index (χ3n) is 3.47. The van der Waals surface area contributed by atoms with Gasteiger partial charge in [-0.25, -0.2) is 9.37 Å². The van der Waals surface area contributed by atoms with Gasteiger partial charge in [0.05, 0.1) is 5.56 Å². The van der Waals surface area contributed by atoms with Crippen LogP contribution in [-0.4, -0.2) is 14.8 Å². The average Bonchev–Trinajstić information content (AvgIpc) is 2.86. The van der Waals surface area contributed by atoms with E-state index in [1.807, 2.05) is 6.07 Å². The van der Waals surface area contributed by atoms with Crippen LogP contribution < -0.4 is 0 Å². The summed E-state index contributed by atoms with van der Waals surface area (Å²) in [6.07, 6.45) is 8.36. The van der Waals surface area contributed by atoms with Gasteiger partial charge >= 0.3 is 0 Å². The van der Waals surface area contributed by atoms with Gasteiger partial charge in [0, 0.05) is 7.05 Å². The van der Waals surface area contributed by atoms with Crippen molar-refractivity contribution in [3.05, 3.63) is 42.0 Å². The van der Waals surface area contributed by atoms with Crippen molar-refractivity contribution in [3.8, 4) is 11.4 Å². The quantitative estimate of drug-likeness (QED) is 0.823. The topological polar surface area (TPSA) is 30.7 Å². The van der Waals surface area contributed by atoms with Gasteiger partial charge in [-0.2, -0.15) is 5.10 Å². The Morgan fingerprint density at radius 1 is 1.26 bits per heavy atom. The van der Waals surface area contributed by atoms with Crippen LogP contribution in [0.5, 0.6) is 0 Å².